The van der Waals surface area contributed by atoms with Crippen LogP contribution >= 0.6 is 0 Å². The Morgan fingerprint density at radius 3 is 2.55 bits per heavy atom. The van der Waals surface area contributed by atoms with Gasteiger partial charge in [0.2, 0.25) is 0 Å². The maximum Gasteiger partial charge on any atom is 0.117 e. The number of aromatic hydroxyl groups is 1. The monoisotopic (exact) mass is 267 g/mol. The van der Waals surface area contributed by atoms with Gasteiger partial charge in [0.15, 0.2) is 0 Å². The van der Waals surface area contributed by atoms with Gasteiger partial charge in [-0.2, -0.15) is 0 Å². The van der Waals surface area contributed by atoms with Gasteiger partial charge in [-0.05, 0) is 24.6 Å². The summed E-state index contributed by atoms with van der Waals surface area (Å²) in [7, 11) is 0. The van der Waals surface area contributed by atoms with Crippen LogP contribution in [0.15, 0.2) is 42.5 Å². The first-order chi connectivity index (χ1) is 9.81. The van der Waals surface area contributed by atoms with Crippen molar-refractivity contribution in [3.8, 4) is 5.75 Å². The minimum atomic E-state index is 0.343. The number of phenolic OH excluding ortho intramolecular Hbond substituents is 1. The van der Waals surface area contributed by atoms with Gasteiger partial charge in [-0.15, -0.1) is 0 Å². The summed E-state index contributed by atoms with van der Waals surface area (Å²) in [6, 6.07) is 14.2. The smallest absolute Gasteiger partial charge is 0.117 e. The Hall–Kier alpha value is -1.96. The van der Waals surface area contributed by atoms with Crippen LogP contribution < -0.4 is 0 Å². The fourth-order valence-electron chi connectivity index (χ4n) is 2.98. The third-order valence-electron chi connectivity index (χ3n) is 3.99. The molecule has 0 saturated carbocycles. The van der Waals surface area contributed by atoms with Gasteiger partial charge in [0.1, 0.15) is 5.75 Å². The SMILES string of the molecule is CCCCCCn1c2ccccc2c2ccc(O)cc21. The van der Waals surface area contributed by atoms with Crippen LogP contribution in [-0.2, 0) is 6.54 Å². The van der Waals surface area contributed by atoms with Crippen LogP contribution in [0.5, 0.6) is 5.75 Å². The van der Waals surface area contributed by atoms with Gasteiger partial charge >= 0.3 is 0 Å². The molecule has 2 heteroatoms. The molecular formula is C18H21NO. The molecule has 0 bridgehead atoms. The van der Waals surface area contributed by atoms with Crippen LogP contribution in [0.2, 0.25) is 0 Å². The van der Waals surface area contributed by atoms with Crippen LogP contribution in [0.3, 0.4) is 0 Å². The molecule has 0 aliphatic rings. The van der Waals surface area contributed by atoms with Crippen LogP contribution in [-0.4, -0.2) is 9.67 Å². The van der Waals surface area contributed by atoms with Crippen molar-refractivity contribution in [1.29, 1.82) is 0 Å². The highest BCUT2D eigenvalue weighted by molar-refractivity contribution is 6.08. The molecule has 3 rings (SSSR count). The second kappa shape index (κ2) is 5.58. The molecule has 1 heterocycles. The van der Waals surface area contributed by atoms with Crippen LogP contribution in [0.4, 0.5) is 0 Å². The highest BCUT2D eigenvalue weighted by Gasteiger charge is 2.10. The number of para-hydroxylation sites is 1. The van der Waals surface area contributed by atoms with E-state index in [-0.39, 0.29) is 0 Å². The third kappa shape index (κ3) is 2.26. The van der Waals surface area contributed by atoms with E-state index in [0.29, 0.717) is 5.75 Å². The maximum atomic E-state index is 9.78. The van der Waals surface area contributed by atoms with Gasteiger partial charge in [0.05, 0.1) is 5.52 Å². The molecule has 0 aliphatic carbocycles. The lowest BCUT2D eigenvalue weighted by Crippen LogP contribution is -1.97. The molecule has 0 atom stereocenters. The molecular weight excluding hydrogens is 246 g/mol. The number of fused-ring (bicyclic) bond motifs is 3. The first kappa shape index (κ1) is 13.0. The molecule has 2 aromatic carbocycles. The van der Waals surface area contributed by atoms with Crippen molar-refractivity contribution in [2.24, 2.45) is 0 Å². The molecule has 0 aliphatic heterocycles. The summed E-state index contributed by atoms with van der Waals surface area (Å²) in [4.78, 5) is 0. The van der Waals surface area contributed by atoms with E-state index < -0.39 is 0 Å². The normalized spacial score (nSPS) is 11.4. The fraction of sp³-hybridized carbons (Fsp3) is 0.333. The number of benzene rings is 2. The number of phenols is 1. The summed E-state index contributed by atoms with van der Waals surface area (Å²) in [5, 5.41) is 12.3. The topological polar surface area (TPSA) is 25.2 Å². The number of aryl methyl sites for hydroxylation is 1. The Morgan fingerprint density at radius 1 is 0.900 bits per heavy atom. The average molecular weight is 267 g/mol. The van der Waals surface area contributed by atoms with Crippen LogP contribution in [0.25, 0.3) is 21.8 Å². The molecule has 0 unspecified atom stereocenters. The highest BCUT2D eigenvalue weighted by atomic mass is 16.3. The molecule has 104 valence electrons. The number of hydrogen-bond acceptors (Lipinski definition) is 1. The van der Waals surface area contributed by atoms with Gasteiger partial charge < -0.3 is 9.67 Å². The Balaban J connectivity index is 2.08. The zero-order valence-corrected chi connectivity index (χ0v) is 12.0. The number of aromatic nitrogens is 1. The summed E-state index contributed by atoms with van der Waals surface area (Å²) >= 11 is 0. The van der Waals surface area contributed by atoms with Crippen LogP contribution in [0.1, 0.15) is 32.6 Å². The van der Waals surface area contributed by atoms with Crippen molar-refractivity contribution in [2.75, 3.05) is 0 Å². The van der Waals surface area contributed by atoms with Crippen molar-refractivity contribution in [1.82, 2.24) is 4.57 Å². The number of hydrogen-bond donors (Lipinski definition) is 1. The lowest BCUT2D eigenvalue weighted by molar-refractivity contribution is 0.475. The average Bonchev–Trinajstić information content (AvgIpc) is 2.77. The van der Waals surface area contributed by atoms with Crippen molar-refractivity contribution in [3.05, 3.63) is 42.5 Å². The standard InChI is InChI=1S/C18H21NO/c1-2-3-4-7-12-19-17-9-6-5-8-15(17)16-11-10-14(20)13-18(16)19/h5-6,8-11,13,20H,2-4,7,12H2,1H3. The molecule has 0 fully saturated rings. The van der Waals surface area contributed by atoms with E-state index in [1.165, 1.54) is 42.0 Å². The van der Waals surface area contributed by atoms with Gasteiger partial charge in [-0.25, -0.2) is 0 Å². The first-order valence-corrected chi connectivity index (χ1v) is 7.51. The molecule has 0 amide bonds. The summed E-state index contributed by atoms with van der Waals surface area (Å²) in [6.07, 6.45) is 5.01. The third-order valence-corrected chi connectivity index (χ3v) is 3.99. The Bertz CT molecular complexity index is 727. The minimum Gasteiger partial charge on any atom is -0.508 e. The van der Waals surface area contributed by atoms with Crippen molar-refractivity contribution in [3.63, 3.8) is 0 Å². The summed E-state index contributed by atoms with van der Waals surface area (Å²) in [5.74, 6) is 0.343. The predicted molar refractivity (Wildman–Crippen MR) is 85.3 cm³/mol. The fourth-order valence-corrected chi connectivity index (χ4v) is 2.98. The number of rotatable bonds is 5. The quantitative estimate of drug-likeness (QED) is 0.641. The summed E-state index contributed by atoms with van der Waals surface area (Å²) < 4.78 is 2.35. The predicted octanol–water partition coefficient (Wildman–Crippen LogP) is 5.08. The van der Waals surface area contributed by atoms with Gasteiger partial charge in [-0.1, -0.05) is 44.4 Å². The lowest BCUT2D eigenvalue weighted by atomic mass is 10.1. The molecule has 3 aromatic rings. The van der Waals surface area contributed by atoms with Crippen molar-refractivity contribution < 1.29 is 5.11 Å². The van der Waals surface area contributed by atoms with E-state index in [4.69, 9.17) is 0 Å². The molecule has 0 radical (unpaired) electrons. The van der Waals surface area contributed by atoms with Crippen molar-refractivity contribution in [2.45, 2.75) is 39.2 Å². The van der Waals surface area contributed by atoms with E-state index in [1.807, 2.05) is 12.1 Å². The van der Waals surface area contributed by atoms with E-state index >= 15 is 0 Å². The van der Waals surface area contributed by atoms with E-state index in [0.717, 1.165) is 12.1 Å². The minimum absolute atomic E-state index is 0.343. The molecule has 1 N–H and O–H groups in total. The lowest BCUT2D eigenvalue weighted by Gasteiger charge is -2.07. The molecule has 2 nitrogen and oxygen atoms in total. The molecule has 0 spiro atoms. The van der Waals surface area contributed by atoms with Crippen molar-refractivity contribution >= 4 is 21.8 Å². The van der Waals surface area contributed by atoms with Gasteiger partial charge in [0, 0.05) is 28.9 Å². The zero-order chi connectivity index (χ0) is 13.9. The van der Waals surface area contributed by atoms with E-state index in [9.17, 15) is 5.11 Å². The number of nitrogens with zero attached hydrogens (tertiary/aromatic N) is 1. The second-order valence-electron chi connectivity index (χ2n) is 5.43. The Labute approximate surface area is 119 Å². The highest BCUT2D eigenvalue weighted by Crippen LogP contribution is 2.31. The Kier molecular flexibility index (Phi) is 3.64. The largest absolute Gasteiger partial charge is 0.508 e. The Morgan fingerprint density at radius 2 is 1.70 bits per heavy atom. The van der Waals surface area contributed by atoms with Gasteiger partial charge in [0.25, 0.3) is 0 Å². The summed E-state index contributed by atoms with van der Waals surface area (Å²) in [6.45, 7) is 3.26. The molecule has 0 saturated heterocycles. The molecule has 1 aromatic heterocycles. The van der Waals surface area contributed by atoms with E-state index in [2.05, 4.69) is 35.8 Å². The maximum absolute atomic E-state index is 9.78. The number of unbranched alkanes of at least 4 members (excludes halogenated alkanes) is 3. The van der Waals surface area contributed by atoms with E-state index in [1.54, 1.807) is 6.07 Å². The zero-order valence-electron chi connectivity index (χ0n) is 12.0. The first-order valence-electron chi connectivity index (χ1n) is 7.51. The van der Waals surface area contributed by atoms with Crippen LogP contribution in [0, 0.1) is 0 Å². The second-order valence-corrected chi connectivity index (χ2v) is 5.43. The molecule has 20 heavy (non-hydrogen) atoms. The van der Waals surface area contributed by atoms with Gasteiger partial charge in [-0.3, -0.25) is 0 Å². The summed E-state index contributed by atoms with van der Waals surface area (Å²) in [5.41, 5.74) is 2.41.